The molecule has 2 rings (SSSR count). The van der Waals surface area contributed by atoms with Crippen molar-refractivity contribution in [1.82, 2.24) is 15.5 Å². The summed E-state index contributed by atoms with van der Waals surface area (Å²) in [7, 11) is 4.24. The van der Waals surface area contributed by atoms with Crippen LogP contribution in [0.2, 0.25) is 0 Å². The van der Waals surface area contributed by atoms with Crippen molar-refractivity contribution in [2.24, 2.45) is 10.9 Å². The molecule has 0 heterocycles. The zero-order valence-electron chi connectivity index (χ0n) is 16.0. The summed E-state index contributed by atoms with van der Waals surface area (Å²) in [6, 6.07) is 5.88. The summed E-state index contributed by atoms with van der Waals surface area (Å²) in [5.74, 6) is 1.40. The summed E-state index contributed by atoms with van der Waals surface area (Å²) in [5.41, 5.74) is 1.60. The molecule has 0 radical (unpaired) electrons. The van der Waals surface area contributed by atoms with Crippen LogP contribution >= 0.6 is 24.0 Å². The number of guanidine groups is 1. The van der Waals surface area contributed by atoms with Gasteiger partial charge in [0, 0.05) is 12.6 Å². The van der Waals surface area contributed by atoms with E-state index >= 15 is 0 Å². The molecule has 2 unspecified atom stereocenters. The lowest BCUT2D eigenvalue weighted by molar-refractivity contribution is 0.271. The SMILES string of the molecule is CCNC(=NCC(C1CC1)N(C)C)NC(C)c1ccc(C)c(F)c1.I. The number of aryl methyl sites for hydroxylation is 1. The fourth-order valence-corrected chi connectivity index (χ4v) is 2.89. The maximum Gasteiger partial charge on any atom is 0.191 e. The summed E-state index contributed by atoms with van der Waals surface area (Å²) in [6.45, 7) is 7.44. The van der Waals surface area contributed by atoms with Crippen LogP contribution in [0, 0.1) is 18.7 Å². The number of hydrogen-bond donors (Lipinski definition) is 2. The molecule has 2 N–H and O–H groups in total. The van der Waals surface area contributed by atoms with E-state index in [2.05, 4.69) is 36.6 Å². The number of benzene rings is 1. The summed E-state index contributed by atoms with van der Waals surface area (Å²) in [6.07, 6.45) is 2.61. The van der Waals surface area contributed by atoms with Crippen LogP contribution in [0.15, 0.2) is 23.2 Å². The van der Waals surface area contributed by atoms with E-state index in [0.29, 0.717) is 11.6 Å². The van der Waals surface area contributed by atoms with Crippen LogP contribution in [-0.2, 0) is 0 Å². The lowest BCUT2D eigenvalue weighted by Crippen LogP contribution is -2.40. The van der Waals surface area contributed by atoms with Crippen LogP contribution < -0.4 is 10.6 Å². The standard InChI is InChI=1S/C19H31FN4.HI/c1-6-21-19(22-12-18(24(4)5)15-9-10-15)23-14(3)16-8-7-13(2)17(20)11-16;/h7-8,11,14-15,18H,6,9-10,12H2,1-5H3,(H2,21,22,23);1H. The van der Waals surface area contributed by atoms with Gasteiger partial charge in [-0.25, -0.2) is 4.39 Å². The van der Waals surface area contributed by atoms with Gasteiger partial charge >= 0.3 is 0 Å². The van der Waals surface area contributed by atoms with E-state index < -0.39 is 0 Å². The molecule has 1 saturated carbocycles. The summed E-state index contributed by atoms with van der Waals surface area (Å²) in [4.78, 5) is 7.03. The van der Waals surface area contributed by atoms with Gasteiger partial charge in [0.1, 0.15) is 5.82 Å². The zero-order valence-corrected chi connectivity index (χ0v) is 18.3. The number of nitrogens with one attached hydrogen (secondary N) is 2. The van der Waals surface area contributed by atoms with Gasteiger partial charge in [-0.1, -0.05) is 12.1 Å². The third-order valence-corrected chi connectivity index (χ3v) is 4.66. The Kier molecular flexibility index (Phi) is 9.13. The molecular formula is C19H32FIN4. The average Bonchev–Trinajstić information content (AvgIpc) is 3.34. The van der Waals surface area contributed by atoms with Crippen molar-refractivity contribution < 1.29 is 4.39 Å². The van der Waals surface area contributed by atoms with Gasteiger partial charge in [-0.3, -0.25) is 4.99 Å². The topological polar surface area (TPSA) is 39.7 Å². The molecule has 0 spiro atoms. The molecule has 0 amide bonds. The minimum atomic E-state index is -0.163. The first-order valence-corrected chi connectivity index (χ1v) is 8.89. The van der Waals surface area contributed by atoms with Crippen molar-refractivity contribution in [1.29, 1.82) is 0 Å². The first kappa shape index (κ1) is 22.2. The summed E-state index contributed by atoms with van der Waals surface area (Å²) in [5, 5.41) is 6.68. The molecule has 1 aromatic carbocycles. The van der Waals surface area contributed by atoms with Gasteiger partial charge in [0.2, 0.25) is 0 Å². The van der Waals surface area contributed by atoms with Crippen LogP contribution in [0.5, 0.6) is 0 Å². The van der Waals surface area contributed by atoms with Gasteiger partial charge in [-0.05, 0) is 70.8 Å². The number of aliphatic imine (C=N–C) groups is 1. The summed E-state index contributed by atoms with van der Waals surface area (Å²) < 4.78 is 13.8. The largest absolute Gasteiger partial charge is 0.357 e. The molecule has 0 bridgehead atoms. The van der Waals surface area contributed by atoms with E-state index in [-0.39, 0.29) is 35.8 Å². The predicted molar refractivity (Wildman–Crippen MR) is 114 cm³/mol. The minimum absolute atomic E-state index is 0. The van der Waals surface area contributed by atoms with Gasteiger partial charge < -0.3 is 15.5 Å². The van der Waals surface area contributed by atoms with Crippen molar-refractivity contribution in [3.8, 4) is 0 Å². The second kappa shape index (κ2) is 10.3. The highest BCUT2D eigenvalue weighted by Crippen LogP contribution is 2.34. The van der Waals surface area contributed by atoms with Crippen molar-refractivity contribution in [3.05, 3.63) is 35.1 Å². The van der Waals surface area contributed by atoms with Crippen molar-refractivity contribution in [2.75, 3.05) is 27.2 Å². The summed E-state index contributed by atoms with van der Waals surface area (Å²) >= 11 is 0. The number of hydrogen-bond acceptors (Lipinski definition) is 2. The Bertz CT molecular complexity index is 571. The quantitative estimate of drug-likeness (QED) is 0.369. The van der Waals surface area contributed by atoms with Crippen molar-refractivity contribution >= 4 is 29.9 Å². The van der Waals surface area contributed by atoms with Gasteiger partial charge in [0.25, 0.3) is 0 Å². The minimum Gasteiger partial charge on any atom is -0.357 e. The molecule has 1 aliphatic rings. The van der Waals surface area contributed by atoms with Gasteiger partial charge in [-0.15, -0.1) is 24.0 Å². The number of rotatable bonds is 7. The molecule has 1 aliphatic carbocycles. The Morgan fingerprint density at radius 3 is 2.56 bits per heavy atom. The van der Waals surface area contributed by atoms with Gasteiger partial charge in [-0.2, -0.15) is 0 Å². The monoisotopic (exact) mass is 462 g/mol. The molecule has 2 atom stereocenters. The molecule has 1 fully saturated rings. The first-order valence-electron chi connectivity index (χ1n) is 8.89. The van der Waals surface area contributed by atoms with E-state index in [1.54, 1.807) is 13.0 Å². The normalized spacial score (nSPS) is 17.0. The van der Waals surface area contributed by atoms with Crippen LogP contribution in [0.3, 0.4) is 0 Å². The number of nitrogens with zero attached hydrogens (tertiary/aromatic N) is 2. The fraction of sp³-hybridized carbons (Fsp3) is 0.632. The maximum absolute atomic E-state index is 13.8. The highest BCUT2D eigenvalue weighted by Gasteiger charge is 2.32. The molecule has 0 aromatic heterocycles. The van der Waals surface area contributed by atoms with E-state index in [0.717, 1.165) is 30.5 Å². The Balaban J connectivity index is 0.00000312. The Morgan fingerprint density at radius 2 is 2.04 bits per heavy atom. The Hall–Kier alpha value is -0.890. The molecular weight excluding hydrogens is 430 g/mol. The molecule has 6 heteroatoms. The number of likely N-dealkylation sites (N-methyl/N-ethyl adjacent to an activating group) is 1. The van der Waals surface area contributed by atoms with Crippen LogP contribution in [0.1, 0.15) is 43.9 Å². The lowest BCUT2D eigenvalue weighted by Gasteiger charge is -2.24. The third-order valence-electron chi connectivity index (χ3n) is 4.66. The van der Waals surface area contributed by atoms with E-state index in [1.165, 1.54) is 12.8 Å². The first-order chi connectivity index (χ1) is 11.4. The molecule has 142 valence electrons. The highest BCUT2D eigenvalue weighted by molar-refractivity contribution is 14.0. The highest BCUT2D eigenvalue weighted by atomic mass is 127. The molecule has 1 aromatic rings. The van der Waals surface area contributed by atoms with Crippen molar-refractivity contribution in [3.63, 3.8) is 0 Å². The smallest absolute Gasteiger partial charge is 0.191 e. The fourth-order valence-electron chi connectivity index (χ4n) is 2.89. The zero-order chi connectivity index (χ0) is 17.7. The second-order valence-corrected chi connectivity index (χ2v) is 6.96. The maximum atomic E-state index is 13.8. The Morgan fingerprint density at radius 1 is 1.36 bits per heavy atom. The third kappa shape index (κ3) is 6.73. The van der Waals surface area contributed by atoms with Crippen molar-refractivity contribution in [2.45, 2.75) is 45.7 Å². The van der Waals surface area contributed by atoms with E-state index in [4.69, 9.17) is 4.99 Å². The van der Waals surface area contributed by atoms with Gasteiger partial charge in [0.05, 0.1) is 12.6 Å². The van der Waals surface area contributed by atoms with Crippen LogP contribution in [0.25, 0.3) is 0 Å². The van der Waals surface area contributed by atoms with Crippen LogP contribution in [-0.4, -0.2) is 44.1 Å². The Labute approximate surface area is 168 Å². The van der Waals surface area contributed by atoms with E-state index in [9.17, 15) is 4.39 Å². The molecule has 4 nitrogen and oxygen atoms in total. The van der Waals surface area contributed by atoms with Gasteiger partial charge in [0.15, 0.2) is 5.96 Å². The molecule has 0 saturated heterocycles. The lowest BCUT2D eigenvalue weighted by atomic mass is 10.1. The van der Waals surface area contributed by atoms with Crippen LogP contribution in [0.4, 0.5) is 4.39 Å². The molecule has 25 heavy (non-hydrogen) atoms. The number of halogens is 2. The second-order valence-electron chi connectivity index (χ2n) is 6.96. The molecule has 0 aliphatic heterocycles. The van der Waals surface area contributed by atoms with E-state index in [1.807, 2.05) is 19.1 Å². The predicted octanol–water partition coefficient (Wildman–Crippen LogP) is 3.71. The average molecular weight is 462 g/mol.